The smallest absolute Gasteiger partial charge is 0.254 e. The first-order valence-corrected chi connectivity index (χ1v) is 6.48. The zero-order valence-electron chi connectivity index (χ0n) is 10.1. The van der Waals surface area contributed by atoms with Crippen molar-refractivity contribution in [3.63, 3.8) is 0 Å². The topological polar surface area (TPSA) is 53.0 Å². The van der Waals surface area contributed by atoms with Crippen LogP contribution in [-0.4, -0.2) is 54.4 Å². The molecule has 6 heteroatoms. The quantitative estimate of drug-likeness (QED) is 0.901. The lowest BCUT2D eigenvalue weighted by atomic mass is 10.1. The van der Waals surface area contributed by atoms with Gasteiger partial charge < -0.3 is 14.8 Å². The average molecular weight is 315 g/mol. The molecule has 1 aliphatic heterocycles. The number of carbonyl (C=O) groups excluding carboxylic acids is 1. The van der Waals surface area contributed by atoms with Crippen LogP contribution in [0.3, 0.4) is 0 Å². The van der Waals surface area contributed by atoms with E-state index in [1.54, 1.807) is 30.2 Å². The third-order valence-corrected chi connectivity index (χ3v) is 3.60. The number of carbonyl (C=O) groups is 1. The second-order valence-corrected chi connectivity index (χ2v) is 4.95. The van der Waals surface area contributed by atoms with Crippen molar-refractivity contribution in [2.45, 2.75) is 0 Å². The molecule has 1 saturated heterocycles. The highest BCUT2D eigenvalue weighted by atomic mass is 79.9. The molecule has 0 radical (unpaired) electrons. The summed E-state index contributed by atoms with van der Waals surface area (Å²) in [6.07, 6.45) is 0. The summed E-state index contributed by atoms with van der Waals surface area (Å²) in [6.45, 7) is 2.04. The Balaban J connectivity index is 2.13. The molecule has 0 unspecified atom stereocenters. The van der Waals surface area contributed by atoms with E-state index >= 15 is 0 Å². The van der Waals surface area contributed by atoms with Gasteiger partial charge in [-0.2, -0.15) is 5.06 Å². The normalized spacial score (nSPS) is 16.7. The Morgan fingerprint density at radius 2 is 2.00 bits per heavy atom. The molecule has 0 bridgehead atoms. The molecule has 0 aliphatic carbocycles. The molecular formula is C12H15BrN2O3. The average Bonchev–Trinajstić information content (AvgIpc) is 2.39. The first kappa shape index (κ1) is 13.3. The summed E-state index contributed by atoms with van der Waals surface area (Å²) >= 11 is 3.35. The molecule has 0 aromatic heterocycles. The van der Waals surface area contributed by atoms with Crippen molar-refractivity contribution in [3.8, 4) is 5.75 Å². The molecule has 0 spiro atoms. The van der Waals surface area contributed by atoms with Crippen LogP contribution in [0.1, 0.15) is 10.4 Å². The predicted molar refractivity (Wildman–Crippen MR) is 70.0 cm³/mol. The maximum Gasteiger partial charge on any atom is 0.254 e. The fourth-order valence-electron chi connectivity index (χ4n) is 1.87. The summed E-state index contributed by atoms with van der Waals surface area (Å²) in [5.74, 6) is 0.607. The number of hydrogen-bond acceptors (Lipinski definition) is 4. The lowest BCUT2D eigenvalue weighted by molar-refractivity contribution is -0.112. The minimum Gasteiger partial charge on any atom is -0.496 e. The molecule has 98 valence electrons. The van der Waals surface area contributed by atoms with Gasteiger partial charge in [-0.05, 0) is 34.1 Å². The summed E-state index contributed by atoms with van der Waals surface area (Å²) in [5.41, 5.74) is 0.599. The van der Waals surface area contributed by atoms with Gasteiger partial charge in [0.2, 0.25) is 0 Å². The van der Waals surface area contributed by atoms with E-state index in [2.05, 4.69) is 15.9 Å². The Kier molecular flexibility index (Phi) is 4.21. The largest absolute Gasteiger partial charge is 0.496 e. The van der Waals surface area contributed by atoms with Crippen LogP contribution in [0.4, 0.5) is 0 Å². The molecule has 1 fully saturated rings. The first-order chi connectivity index (χ1) is 8.61. The Labute approximate surface area is 114 Å². The number of piperazine rings is 1. The Bertz CT molecular complexity index is 445. The van der Waals surface area contributed by atoms with Crippen LogP contribution in [-0.2, 0) is 0 Å². The van der Waals surface area contributed by atoms with Gasteiger partial charge in [-0.25, -0.2) is 0 Å². The number of ether oxygens (including phenoxy) is 1. The molecule has 0 saturated carbocycles. The van der Waals surface area contributed by atoms with Gasteiger partial charge in [0.05, 0.1) is 11.6 Å². The highest BCUT2D eigenvalue weighted by molar-refractivity contribution is 9.10. The van der Waals surface area contributed by atoms with Crippen LogP contribution in [0.5, 0.6) is 5.75 Å². The molecule has 1 heterocycles. The standard InChI is InChI=1S/C12H15BrN2O3/c1-18-11-8-9(2-3-10(11)13)12(16)14-4-6-15(17)7-5-14/h2-3,8,17H,4-7H2,1H3. The highest BCUT2D eigenvalue weighted by Crippen LogP contribution is 2.26. The number of methoxy groups -OCH3 is 1. The van der Waals surface area contributed by atoms with E-state index in [0.29, 0.717) is 37.5 Å². The molecule has 1 N–H and O–H groups in total. The van der Waals surface area contributed by atoms with E-state index in [0.717, 1.165) is 4.47 Å². The van der Waals surface area contributed by atoms with Crippen molar-refractivity contribution in [2.24, 2.45) is 0 Å². The fraction of sp³-hybridized carbons (Fsp3) is 0.417. The lowest BCUT2D eigenvalue weighted by Crippen LogP contribution is -2.47. The number of hydroxylamine groups is 2. The minimum absolute atomic E-state index is 0.0334. The molecule has 5 nitrogen and oxygen atoms in total. The molecule has 2 rings (SSSR count). The fourth-order valence-corrected chi connectivity index (χ4v) is 2.28. The predicted octanol–water partition coefficient (Wildman–Crippen LogP) is 1.60. The highest BCUT2D eigenvalue weighted by Gasteiger charge is 2.21. The number of rotatable bonds is 2. The molecule has 1 aromatic rings. The van der Waals surface area contributed by atoms with Crippen molar-refractivity contribution in [2.75, 3.05) is 33.3 Å². The Hall–Kier alpha value is -1.11. The van der Waals surface area contributed by atoms with Crippen LogP contribution in [0.15, 0.2) is 22.7 Å². The van der Waals surface area contributed by atoms with Gasteiger partial charge in [-0.3, -0.25) is 4.79 Å². The van der Waals surface area contributed by atoms with Crippen LogP contribution < -0.4 is 4.74 Å². The molecule has 1 aromatic carbocycles. The van der Waals surface area contributed by atoms with Crippen molar-refractivity contribution < 1.29 is 14.7 Å². The second-order valence-electron chi connectivity index (χ2n) is 4.10. The minimum atomic E-state index is -0.0334. The molecule has 0 atom stereocenters. The number of amides is 1. The number of halogens is 1. The van der Waals surface area contributed by atoms with Crippen molar-refractivity contribution in [1.29, 1.82) is 0 Å². The maximum absolute atomic E-state index is 12.2. The summed E-state index contributed by atoms with van der Waals surface area (Å²) in [4.78, 5) is 14.0. The number of benzene rings is 1. The molecule has 18 heavy (non-hydrogen) atoms. The molecule has 1 aliphatic rings. The van der Waals surface area contributed by atoms with Gasteiger partial charge in [0.15, 0.2) is 0 Å². The number of hydrogen-bond donors (Lipinski definition) is 1. The van der Waals surface area contributed by atoms with E-state index < -0.39 is 0 Å². The van der Waals surface area contributed by atoms with E-state index in [4.69, 9.17) is 4.74 Å². The van der Waals surface area contributed by atoms with Gasteiger partial charge >= 0.3 is 0 Å². The van der Waals surface area contributed by atoms with Crippen molar-refractivity contribution >= 4 is 21.8 Å². The van der Waals surface area contributed by atoms with Crippen LogP contribution in [0.25, 0.3) is 0 Å². The van der Waals surface area contributed by atoms with Gasteiger partial charge in [0.1, 0.15) is 5.75 Å². The zero-order chi connectivity index (χ0) is 13.1. The van der Waals surface area contributed by atoms with Crippen LogP contribution in [0, 0.1) is 0 Å². The summed E-state index contributed by atoms with van der Waals surface area (Å²) in [5, 5.41) is 10.5. The Morgan fingerprint density at radius 3 is 2.61 bits per heavy atom. The zero-order valence-corrected chi connectivity index (χ0v) is 11.7. The SMILES string of the molecule is COc1cc(C(=O)N2CCN(O)CC2)ccc1Br. The maximum atomic E-state index is 12.2. The van der Waals surface area contributed by atoms with Gasteiger partial charge in [0.25, 0.3) is 5.91 Å². The molecule has 1 amide bonds. The number of nitrogens with zero attached hydrogens (tertiary/aromatic N) is 2. The van der Waals surface area contributed by atoms with E-state index in [1.807, 2.05) is 0 Å². The summed E-state index contributed by atoms with van der Waals surface area (Å²) in [6, 6.07) is 5.28. The Morgan fingerprint density at radius 1 is 1.33 bits per heavy atom. The summed E-state index contributed by atoms with van der Waals surface area (Å²) < 4.78 is 6.00. The van der Waals surface area contributed by atoms with Crippen LogP contribution >= 0.6 is 15.9 Å². The van der Waals surface area contributed by atoms with Gasteiger partial charge in [-0.15, -0.1) is 0 Å². The van der Waals surface area contributed by atoms with Gasteiger partial charge in [0, 0.05) is 31.7 Å². The summed E-state index contributed by atoms with van der Waals surface area (Å²) in [7, 11) is 1.57. The third-order valence-electron chi connectivity index (χ3n) is 2.94. The first-order valence-electron chi connectivity index (χ1n) is 5.68. The second kappa shape index (κ2) is 5.69. The monoisotopic (exact) mass is 314 g/mol. The molecular weight excluding hydrogens is 300 g/mol. The van der Waals surface area contributed by atoms with E-state index in [-0.39, 0.29) is 5.91 Å². The van der Waals surface area contributed by atoms with Crippen LogP contribution in [0.2, 0.25) is 0 Å². The van der Waals surface area contributed by atoms with Gasteiger partial charge in [-0.1, -0.05) is 0 Å². The van der Waals surface area contributed by atoms with E-state index in [1.165, 1.54) is 5.06 Å². The van der Waals surface area contributed by atoms with Crippen molar-refractivity contribution in [1.82, 2.24) is 9.96 Å². The lowest BCUT2D eigenvalue weighted by Gasteiger charge is -2.31. The van der Waals surface area contributed by atoms with E-state index in [9.17, 15) is 10.0 Å². The van der Waals surface area contributed by atoms with Crippen molar-refractivity contribution in [3.05, 3.63) is 28.2 Å². The third kappa shape index (κ3) is 2.82.